The second kappa shape index (κ2) is 8.64. The number of carbonyl (C=O) groups is 1. The van der Waals surface area contributed by atoms with Crippen molar-refractivity contribution in [3.05, 3.63) is 70.0 Å². The molecule has 1 N–H and O–H groups in total. The Morgan fingerprint density at radius 3 is 2.53 bits per heavy atom. The SMILES string of the molecule is Cc1ccc(C(NC(=O)CSc2nc3ccccc3c(=O)n2C(C)C)C2CC2)cc1. The number of carbonyl (C=O) groups excluding carboxylic acids is 1. The first-order valence-corrected chi connectivity index (χ1v) is 11.4. The van der Waals surface area contributed by atoms with Gasteiger partial charge < -0.3 is 5.32 Å². The van der Waals surface area contributed by atoms with Crippen LogP contribution in [0.3, 0.4) is 0 Å². The monoisotopic (exact) mass is 421 g/mol. The molecule has 3 aromatic rings. The zero-order valence-electron chi connectivity index (χ0n) is 17.6. The van der Waals surface area contributed by atoms with Crippen molar-refractivity contribution in [2.75, 3.05) is 5.75 Å². The Kier molecular flexibility index (Phi) is 5.95. The molecule has 1 aliphatic rings. The van der Waals surface area contributed by atoms with Crippen LogP contribution in [0.4, 0.5) is 0 Å². The topological polar surface area (TPSA) is 64.0 Å². The molecule has 1 saturated carbocycles. The van der Waals surface area contributed by atoms with E-state index >= 15 is 0 Å². The van der Waals surface area contributed by atoms with Crippen molar-refractivity contribution in [1.29, 1.82) is 0 Å². The van der Waals surface area contributed by atoms with Gasteiger partial charge in [0.15, 0.2) is 5.16 Å². The van der Waals surface area contributed by atoms with Gasteiger partial charge in [-0.1, -0.05) is 53.7 Å². The molecule has 1 aromatic heterocycles. The summed E-state index contributed by atoms with van der Waals surface area (Å²) in [5.74, 6) is 0.705. The molecule has 1 unspecified atom stereocenters. The van der Waals surface area contributed by atoms with Crippen molar-refractivity contribution >= 4 is 28.6 Å². The van der Waals surface area contributed by atoms with Crippen molar-refractivity contribution in [3.63, 3.8) is 0 Å². The van der Waals surface area contributed by atoms with Gasteiger partial charge in [-0.3, -0.25) is 14.2 Å². The second-order valence-corrected chi connectivity index (χ2v) is 9.20. The van der Waals surface area contributed by atoms with Crippen LogP contribution >= 0.6 is 11.8 Å². The number of hydrogen-bond donors (Lipinski definition) is 1. The molecule has 1 atom stereocenters. The first-order valence-electron chi connectivity index (χ1n) is 10.4. The van der Waals surface area contributed by atoms with Gasteiger partial charge in [0, 0.05) is 6.04 Å². The van der Waals surface area contributed by atoms with E-state index in [4.69, 9.17) is 0 Å². The van der Waals surface area contributed by atoms with Gasteiger partial charge in [0.2, 0.25) is 5.91 Å². The van der Waals surface area contributed by atoms with Gasteiger partial charge in [-0.15, -0.1) is 0 Å². The molecule has 0 spiro atoms. The summed E-state index contributed by atoms with van der Waals surface area (Å²) in [5.41, 5.74) is 2.97. The normalized spacial score (nSPS) is 14.8. The van der Waals surface area contributed by atoms with Crippen LogP contribution in [-0.4, -0.2) is 21.2 Å². The summed E-state index contributed by atoms with van der Waals surface area (Å²) >= 11 is 1.32. The van der Waals surface area contributed by atoms with E-state index in [1.165, 1.54) is 17.3 Å². The van der Waals surface area contributed by atoms with E-state index in [1.54, 1.807) is 10.6 Å². The lowest BCUT2D eigenvalue weighted by Gasteiger charge is -2.20. The summed E-state index contributed by atoms with van der Waals surface area (Å²) in [6.07, 6.45) is 2.29. The zero-order chi connectivity index (χ0) is 21.3. The maximum atomic E-state index is 12.9. The Morgan fingerprint density at radius 1 is 1.17 bits per heavy atom. The van der Waals surface area contributed by atoms with Gasteiger partial charge in [-0.05, 0) is 57.2 Å². The molecule has 1 fully saturated rings. The fourth-order valence-electron chi connectivity index (χ4n) is 3.70. The highest BCUT2D eigenvalue weighted by Gasteiger charge is 2.33. The lowest BCUT2D eigenvalue weighted by Crippen LogP contribution is -2.32. The Morgan fingerprint density at radius 2 is 1.87 bits per heavy atom. The smallest absolute Gasteiger partial charge is 0.262 e. The number of hydrogen-bond acceptors (Lipinski definition) is 4. The molecule has 4 rings (SSSR count). The number of rotatable bonds is 7. The largest absolute Gasteiger partial charge is 0.348 e. The van der Waals surface area contributed by atoms with Crippen LogP contribution in [0, 0.1) is 12.8 Å². The van der Waals surface area contributed by atoms with Crippen LogP contribution in [0.1, 0.15) is 49.9 Å². The first-order chi connectivity index (χ1) is 14.4. The van der Waals surface area contributed by atoms with E-state index in [0.29, 0.717) is 22.0 Å². The van der Waals surface area contributed by atoms with Gasteiger partial charge in [-0.25, -0.2) is 4.98 Å². The van der Waals surface area contributed by atoms with Crippen molar-refractivity contribution in [2.45, 2.75) is 50.9 Å². The van der Waals surface area contributed by atoms with Crippen LogP contribution in [0.2, 0.25) is 0 Å². The summed E-state index contributed by atoms with van der Waals surface area (Å²) in [5, 5.41) is 4.40. The summed E-state index contributed by atoms with van der Waals surface area (Å²) < 4.78 is 1.68. The Bertz CT molecular complexity index is 1120. The quantitative estimate of drug-likeness (QED) is 0.446. The standard InChI is InChI=1S/C24H27N3O2S/c1-15(2)27-23(29)19-6-4-5-7-20(19)25-24(27)30-14-21(28)26-22(18-12-13-18)17-10-8-16(3)9-11-17/h4-11,15,18,22H,12-14H2,1-3H3,(H,26,28). The number of nitrogens with one attached hydrogen (secondary N) is 1. The minimum atomic E-state index is -0.0611. The number of aryl methyl sites for hydroxylation is 1. The van der Waals surface area contributed by atoms with Crippen LogP contribution in [0.15, 0.2) is 58.5 Å². The van der Waals surface area contributed by atoms with Crippen molar-refractivity contribution < 1.29 is 4.79 Å². The maximum absolute atomic E-state index is 12.9. The molecule has 1 heterocycles. The van der Waals surface area contributed by atoms with Gasteiger partial charge in [0.1, 0.15) is 0 Å². The Balaban J connectivity index is 1.52. The van der Waals surface area contributed by atoms with Crippen LogP contribution in [0.25, 0.3) is 10.9 Å². The third kappa shape index (κ3) is 4.43. The molecule has 156 valence electrons. The molecule has 1 aliphatic carbocycles. The third-order valence-corrected chi connectivity index (χ3v) is 6.42. The highest BCUT2D eigenvalue weighted by Crippen LogP contribution is 2.41. The Hall–Kier alpha value is -2.60. The second-order valence-electron chi connectivity index (χ2n) is 8.26. The van der Waals surface area contributed by atoms with Crippen molar-refractivity contribution in [3.8, 4) is 0 Å². The predicted octanol–water partition coefficient (Wildman–Crippen LogP) is 4.65. The number of fused-ring (bicyclic) bond motifs is 1. The highest BCUT2D eigenvalue weighted by atomic mass is 32.2. The third-order valence-electron chi connectivity index (χ3n) is 5.47. The number of amides is 1. The van der Waals surface area contributed by atoms with Crippen molar-refractivity contribution in [2.24, 2.45) is 5.92 Å². The summed E-state index contributed by atoms with van der Waals surface area (Å²) in [6, 6.07) is 15.8. The molecule has 1 amide bonds. The first kappa shape index (κ1) is 20.7. The maximum Gasteiger partial charge on any atom is 0.262 e. The van der Waals surface area contributed by atoms with Crippen molar-refractivity contribution in [1.82, 2.24) is 14.9 Å². The molecule has 30 heavy (non-hydrogen) atoms. The van der Waals surface area contributed by atoms with E-state index < -0.39 is 0 Å². The summed E-state index contributed by atoms with van der Waals surface area (Å²) in [4.78, 5) is 30.4. The van der Waals surface area contributed by atoms with E-state index in [1.807, 2.05) is 32.0 Å². The van der Waals surface area contributed by atoms with Crippen LogP contribution in [-0.2, 0) is 4.79 Å². The van der Waals surface area contributed by atoms with E-state index in [0.717, 1.165) is 18.4 Å². The molecule has 0 aliphatic heterocycles. The van der Waals surface area contributed by atoms with Gasteiger partial charge in [0.05, 0.1) is 22.7 Å². The van der Waals surface area contributed by atoms with Gasteiger partial charge >= 0.3 is 0 Å². The molecule has 2 aromatic carbocycles. The van der Waals surface area contributed by atoms with Crippen LogP contribution < -0.4 is 10.9 Å². The average Bonchev–Trinajstić information content (AvgIpc) is 3.56. The number of nitrogens with zero attached hydrogens (tertiary/aromatic N) is 2. The molecule has 5 nitrogen and oxygen atoms in total. The van der Waals surface area contributed by atoms with Gasteiger partial charge in [0.25, 0.3) is 5.56 Å². The summed E-state index contributed by atoms with van der Waals surface area (Å²) in [7, 11) is 0. The van der Waals surface area contributed by atoms with E-state index in [-0.39, 0.29) is 29.3 Å². The number of aromatic nitrogens is 2. The average molecular weight is 422 g/mol. The van der Waals surface area contributed by atoms with E-state index in [2.05, 4.69) is 41.5 Å². The van der Waals surface area contributed by atoms with Gasteiger partial charge in [-0.2, -0.15) is 0 Å². The molecular weight excluding hydrogens is 394 g/mol. The highest BCUT2D eigenvalue weighted by molar-refractivity contribution is 7.99. The molecule has 0 bridgehead atoms. The minimum absolute atomic E-state index is 0.0322. The van der Waals surface area contributed by atoms with Crippen LogP contribution in [0.5, 0.6) is 0 Å². The predicted molar refractivity (Wildman–Crippen MR) is 122 cm³/mol. The van der Waals surface area contributed by atoms with E-state index in [9.17, 15) is 9.59 Å². The lowest BCUT2D eigenvalue weighted by molar-refractivity contribution is -0.119. The number of benzene rings is 2. The fourth-order valence-corrected chi connectivity index (χ4v) is 4.64. The molecule has 6 heteroatoms. The Labute approximate surface area is 180 Å². The molecule has 0 radical (unpaired) electrons. The molecular formula is C24H27N3O2S. The molecule has 0 saturated heterocycles. The summed E-state index contributed by atoms with van der Waals surface area (Å²) in [6.45, 7) is 5.99. The minimum Gasteiger partial charge on any atom is -0.348 e. The lowest BCUT2D eigenvalue weighted by atomic mass is 10.0. The number of para-hydroxylation sites is 1. The fraction of sp³-hybridized carbons (Fsp3) is 0.375. The zero-order valence-corrected chi connectivity index (χ0v) is 18.4. The number of thioether (sulfide) groups is 1.